The van der Waals surface area contributed by atoms with E-state index in [4.69, 9.17) is 9.47 Å². The number of cyclic esters (lactones) is 1. The molecular weight excluding hydrogens is 637 g/mol. The lowest BCUT2D eigenvalue weighted by Gasteiger charge is -2.24. The van der Waals surface area contributed by atoms with Gasteiger partial charge in [0.2, 0.25) is 0 Å². The summed E-state index contributed by atoms with van der Waals surface area (Å²) < 4.78 is 107. The molecule has 0 radical (unpaired) electrons. The van der Waals surface area contributed by atoms with Gasteiger partial charge in [0, 0.05) is 17.7 Å². The number of hydrogen-bond donors (Lipinski definition) is 0. The lowest BCUT2D eigenvalue weighted by molar-refractivity contribution is -0.383. The number of ether oxygens (including phenoxy) is 2. The second-order valence-corrected chi connectivity index (χ2v) is 11.5. The minimum Gasteiger partial charge on any atom is -0.496 e. The van der Waals surface area contributed by atoms with Crippen molar-refractivity contribution in [2.75, 3.05) is 7.11 Å². The Morgan fingerprint density at radius 2 is 1.60 bits per heavy atom. The van der Waals surface area contributed by atoms with E-state index < -0.39 is 58.0 Å². The third-order valence-corrected chi connectivity index (χ3v) is 8.18. The van der Waals surface area contributed by atoms with Gasteiger partial charge >= 0.3 is 18.4 Å². The molecule has 5 rings (SSSR count). The summed E-state index contributed by atoms with van der Waals surface area (Å²) in [5.41, 5.74) is -2.45. The van der Waals surface area contributed by atoms with E-state index in [9.17, 15) is 45.6 Å². The van der Waals surface area contributed by atoms with Crippen LogP contribution in [0.2, 0.25) is 0 Å². The van der Waals surface area contributed by atoms with Crippen LogP contribution in [0.1, 0.15) is 60.6 Å². The maximum atomic E-state index is 15.0. The quantitative estimate of drug-likeness (QED) is 0.112. The molecule has 0 saturated carbocycles. The molecule has 1 saturated heterocycles. The van der Waals surface area contributed by atoms with Crippen LogP contribution in [0, 0.1) is 15.9 Å². The number of alkyl halides is 6. The van der Waals surface area contributed by atoms with Gasteiger partial charge in [-0.25, -0.2) is 9.18 Å². The zero-order valence-corrected chi connectivity index (χ0v) is 25.3. The van der Waals surface area contributed by atoms with Gasteiger partial charge in [0.1, 0.15) is 17.7 Å². The fraction of sp³-hybridized carbons (Fsp3) is 0.303. The molecule has 0 aromatic heterocycles. The van der Waals surface area contributed by atoms with Crippen LogP contribution in [-0.4, -0.2) is 29.1 Å². The second-order valence-electron chi connectivity index (χ2n) is 11.5. The molecule has 4 aromatic carbocycles. The molecule has 1 heterocycles. The Morgan fingerprint density at radius 3 is 2.15 bits per heavy atom. The van der Waals surface area contributed by atoms with E-state index in [0.29, 0.717) is 39.8 Å². The standard InChI is InChI=1S/C33H27F7N2O5/c1-16(2)23-12-26(29(46-4)14-27(23)34)24-13-25-18(6-5-7-28(25)42(44)45)8-20(24)15-41-17(3)30(47-31(41)43)19-9-21(32(35,36)37)11-22(10-19)33(38,39)40/h5-14,16-17,30H,15H2,1-4H3/t17?,30-/m0/s1. The minimum atomic E-state index is -5.10. The van der Waals surface area contributed by atoms with Crippen LogP contribution >= 0.6 is 0 Å². The first kappa shape index (κ1) is 33.5. The zero-order chi connectivity index (χ0) is 34.6. The molecule has 1 amide bonds. The topological polar surface area (TPSA) is 81.9 Å². The Hall–Kier alpha value is -4.88. The third-order valence-electron chi connectivity index (χ3n) is 8.18. The number of rotatable bonds is 7. The van der Waals surface area contributed by atoms with Gasteiger partial charge in [0.25, 0.3) is 5.69 Å². The lowest BCUT2D eigenvalue weighted by atomic mass is 9.90. The summed E-state index contributed by atoms with van der Waals surface area (Å²) in [5, 5.41) is 12.5. The molecule has 0 spiro atoms. The highest BCUT2D eigenvalue weighted by molar-refractivity contribution is 5.96. The number of nitrogens with zero attached hydrogens (tertiary/aromatic N) is 2. The van der Waals surface area contributed by atoms with Crippen LogP contribution in [0.3, 0.4) is 0 Å². The van der Waals surface area contributed by atoms with Gasteiger partial charge < -0.3 is 9.47 Å². The van der Waals surface area contributed by atoms with Gasteiger partial charge in [-0.15, -0.1) is 0 Å². The third kappa shape index (κ3) is 6.41. The molecule has 0 bridgehead atoms. The summed E-state index contributed by atoms with van der Waals surface area (Å²) in [6.45, 7) is 4.68. The smallest absolute Gasteiger partial charge is 0.416 e. The minimum absolute atomic E-state index is 0.00918. The number of benzene rings is 4. The first-order chi connectivity index (χ1) is 21.9. The van der Waals surface area contributed by atoms with Gasteiger partial charge in [0.15, 0.2) is 0 Å². The molecule has 0 aliphatic carbocycles. The first-order valence-corrected chi connectivity index (χ1v) is 14.2. The highest BCUT2D eigenvalue weighted by Gasteiger charge is 2.43. The second kappa shape index (κ2) is 12.0. The maximum absolute atomic E-state index is 15.0. The van der Waals surface area contributed by atoms with Crippen molar-refractivity contribution in [3.05, 3.63) is 104 Å². The number of carbonyl (C=O) groups excluding carboxylic acids is 1. The number of methoxy groups -OCH3 is 1. The van der Waals surface area contributed by atoms with Gasteiger partial charge in [-0.3, -0.25) is 15.0 Å². The molecule has 1 aliphatic heterocycles. The van der Waals surface area contributed by atoms with E-state index in [2.05, 4.69) is 0 Å². The number of amides is 1. The Kier molecular flexibility index (Phi) is 8.58. The monoisotopic (exact) mass is 664 g/mol. The van der Waals surface area contributed by atoms with Crippen LogP contribution in [0.25, 0.3) is 21.9 Å². The van der Waals surface area contributed by atoms with Crippen molar-refractivity contribution in [1.82, 2.24) is 4.90 Å². The van der Waals surface area contributed by atoms with Crippen molar-refractivity contribution in [2.24, 2.45) is 0 Å². The van der Waals surface area contributed by atoms with Crippen LogP contribution in [0.4, 0.5) is 41.2 Å². The summed E-state index contributed by atoms with van der Waals surface area (Å²) >= 11 is 0. The normalized spacial score (nSPS) is 17.0. The summed E-state index contributed by atoms with van der Waals surface area (Å²) in [7, 11) is 1.31. The lowest BCUT2D eigenvalue weighted by Crippen LogP contribution is -2.31. The molecule has 0 N–H and O–H groups in total. The van der Waals surface area contributed by atoms with Gasteiger partial charge in [-0.2, -0.15) is 26.3 Å². The molecule has 47 heavy (non-hydrogen) atoms. The van der Waals surface area contributed by atoms with Crippen molar-refractivity contribution in [1.29, 1.82) is 0 Å². The van der Waals surface area contributed by atoms with E-state index in [1.54, 1.807) is 26.0 Å². The number of hydrogen-bond acceptors (Lipinski definition) is 5. The Labute approximate surface area is 263 Å². The molecule has 2 atom stereocenters. The maximum Gasteiger partial charge on any atom is 0.416 e. The van der Waals surface area contributed by atoms with E-state index in [-0.39, 0.29) is 35.4 Å². The van der Waals surface area contributed by atoms with Crippen molar-refractivity contribution < 1.29 is 49.9 Å². The summed E-state index contributed by atoms with van der Waals surface area (Å²) in [6, 6.07) is 10.1. The van der Waals surface area contributed by atoms with Crippen molar-refractivity contribution in [3.63, 3.8) is 0 Å². The van der Waals surface area contributed by atoms with Crippen LogP contribution in [0.15, 0.2) is 60.7 Å². The van der Waals surface area contributed by atoms with Gasteiger partial charge in [-0.1, -0.05) is 26.0 Å². The van der Waals surface area contributed by atoms with E-state index in [0.717, 1.165) is 4.90 Å². The summed E-state index contributed by atoms with van der Waals surface area (Å²) in [4.78, 5) is 25.7. The summed E-state index contributed by atoms with van der Waals surface area (Å²) in [5.74, 6) is -0.737. The molecule has 1 aliphatic rings. The number of fused-ring (bicyclic) bond motifs is 1. The molecular formula is C33H27F7N2O5. The Morgan fingerprint density at radius 1 is 0.957 bits per heavy atom. The van der Waals surface area contributed by atoms with Crippen molar-refractivity contribution >= 4 is 22.6 Å². The fourth-order valence-electron chi connectivity index (χ4n) is 5.78. The number of non-ortho nitro benzene ring substituents is 1. The van der Waals surface area contributed by atoms with Crippen LogP contribution in [0.5, 0.6) is 5.75 Å². The summed E-state index contributed by atoms with van der Waals surface area (Å²) in [6.07, 6.45) is -12.7. The van der Waals surface area contributed by atoms with Crippen LogP contribution < -0.4 is 4.74 Å². The molecule has 248 valence electrons. The predicted molar refractivity (Wildman–Crippen MR) is 157 cm³/mol. The molecule has 1 fully saturated rings. The predicted octanol–water partition coefficient (Wildman–Crippen LogP) is 9.81. The highest BCUT2D eigenvalue weighted by atomic mass is 19.4. The van der Waals surface area contributed by atoms with Crippen LogP contribution in [-0.2, 0) is 23.6 Å². The van der Waals surface area contributed by atoms with E-state index in [1.807, 2.05) is 0 Å². The van der Waals surface area contributed by atoms with Gasteiger partial charge in [0.05, 0.1) is 41.1 Å². The zero-order valence-electron chi connectivity index (χ0n) is 25.3. The molecule has 4 aromatic rings. The number of nitro benzene ring substituents is 1. The average molecular weight is 665 g/mol. The molecule has 1 unspecified atom stereocenters. The fourth-order valence-corrected chi connectivity index (χ4v) is 5.78. The van der Waals surface area contributed by atoms with Crippen molar-refractivity contribution in [2.45, 2.75) is 57.7 Å². The Bertz CT molecular complexity index is 1860. The van der Waals surface area contributed by atoms with E-state index >= 15 is 0 Å². The number of halogens is 7. The van der Waals surface area contributed by atoms with E-state index in [1.165, 1.54) is 44.4 Å². The van der Waals surface area contributed by atoms with Gasteiger partial charge in [-0.05, 0) is 76.9 Å². The molecule has 14 heteroatoms. The average Bonchev–Trinajstić information content (AvgIpc) is 3.27. The van der Waals surface area contributed by atoms with Crippen molar-refractivity contribution in [3.8, 4) is 16.9 Å². The first-order valence-electron chi connectivity index (χ1n) is 14.2. The SMILES string of the molecule is COc1cc(F)c(C(C)C)cc1-c1cc2c([N+](=O)[O-])cccc2cc1CN1C(=O)O[C@H](c2cc(C(F)(F)F)cc(C(F)(F)F)c2)C1C. The Balaban J connectivity index is 1.65. The number of nitro groups is 1. The largest absolute Gasteiger partial charge is 0.496 e. The number of carbonyl (C=O) groups is 1. The highest BCUT2D eigenvalue weighted by Crippen LogP contribution is 2.44. The molecule has 7 nitrogen and oxygen atoms in total.